The van der Waals surface area contributed by atoms with Crippen molar-refractivity contribution >= 4 is 0 Å². The van der Waals surface area contributed by atoms with Gasteiger partial charge in [0.1, 0.15) is 0 Å². The molecule has 0 aliphatic carbocycles. The maximum Gasteiger partial charge on any atom is 0.0123 e. The van der Waals surface area contributed by atoms with Crippen molar-refractivity contribution in [2.45, 2.75) is 73.4 Å². The fourth-order valence-corrected chi connectivity index (χ4v) is 1.74. The fraction of sp³-hybridized carbons (Fsp3) is 1.00. The first-order chi connectivity index (χ1) is 6.11. The van der Waals surface area contributed by atoms with Crippen LogP contribution < -0.4 is 5.32 Å². The second-order valence-corrected chi connectivity index (χ2v) is 6.33. The van der Waals surface area contributed by atoms with Crippen LogP contribution in [-0.4, -0.2) is 11.6 Å². The summed E-state index contributed by atoms with van der Waals surface area (Å²) < 4.78 is 0. The molecule has 0 heterocycles. The Morgan fingerprint density at radius 2 is 1.43 bits per heavy atom. The Hall–Kier alpha value is -0.0400. The van der Waals surface area contributed by atoms with Crippen LogP contribution in [0.25, 0.3) is 0 Å². The highest BCUT2D eigenvalue weighted by Gasteiger charge is 2.33. The second-order valence-electron chi connectivity index (χ2n) is 6.33. The van der Waals surface area contributed by atoms with E-state index in [1.807, 2.05) is 0 Å². The normalized spacial score (nSPS) is 16.1. The van der Waals surface area contributed by atoms with Crippen LogP contribution >= 0.6 is 0 Å². The number of rotatable bonds is 4. The lowest BCUT2D eigenvalue weighted by molar-refractivity contribution is 0.136. The molecule has 0 saturated heterocycles. The summed E-state index contributed by atoms with van der Waals surface area (Å²) >= 11 is 0. The average Bonchev–Trinajstić information content (AvgIpc) is 1.97. The number of hydrogen-bond donors (Lipinski definition) is 1. The highest BCUT2D eigenvalue weighted by Crippen LogP contribution is 2.32. The van der Waals surface area contributed by atoms with Gasteiger partial charge in [-0.2, -0.15) is 0 Å². The predicted octanol–water partition coefficient (Wildman–Crippen LogP) is 3.84. The van der Waals surface area contributed by atoms with E-state index in [9.17, 15) is 0 Å². The predicted molar refractivity (Wildman–Crippen MR) is 65.6 cm³/mol. The fourth-order valence-electron chi connectivity index (χ4n) is 1.74. The molecule has 0 aromatic rings. The molecular weight excluding hydrogens is 170 g/mol. The van der Waals surface area contributed by atoms with E-state index in [0.717, 1.165) is 0 Å². The second kappa shape index (κ2) is 4.65. The highest BCUT2D eigenvalue weighted by molar-refractivity contribution is 4.89. The minimum Gasteiger partial charge on any atom is -0.309 e. The molecule has 0 radical (unpaired) electrons. The van der Waals surface area contributed by atoms with Crippen LogP contribution in [0.1, 0.15) is 61.8 Å². The third kappa shape index (κ3) is 4.00. The van der Waals surface area contributed by atoms with Gasteiger partial charge in [0.15, 0.2) is 0 Å². The lowest BCUT2D eigenvalue weighted by atomic mass is 9.73. The summed E-state index contributed by atoms with van der Waals surface area (Å²) in [6, 6.07) is 0.600. The average molecular weight is 199 g/mol. The van der Waals surface area contributed by atoms with Crippen LogP contribution in [0.5, 0.6) is 0 Å². The first-order valence-electron chi connectivity index (χ1n) is 5.89. The van der Waals surface area contributed by atoms with Crippen molar-refractivity contribution in [3.8, 4) is 0 Å². The molecule has 1 N–H and O–H groups in total. The number of hydrogen-bond acceptors (Lipinski definition) is 1. The third-order valence-electron chi connectivity index (χ3n) is 3.40. The van der Waals surface area contributed by atoms with E-state index in [4.69, 9.17) is 0 Å². The minimum absolute atomic E-state index is 0.215. The molecule has 0 aliphatic heterocycles. The van der Waals surface area contributed by atoms with Crippen molar-refractivity contribution < 1.29 is 0 Å². The Morgan fingerprint density at radius 1 is 1.00 bits per heavy atom. The molecule has 86 valence electrons. The summed E-state index contributed by atoms with van der Waals surface area (Å²) in [5.41, 5.74) is 0.578. The van der Waals surface area contributed by atoms with Crippen LogP contribution in [0, 0.1) is 11.3 Å². The van der Waals surface area contributed by atoms with Gasteiger partial charge in [-0.3, -0.25) is 0 Å². The third-order valence-corrected chi connectivity index (χ3v) is 3.40. The molecule has 1 heteroatoms. The quantitative estimate of drug-likeness (QED) is 0.725. The molecule has 0 aromatic heterocycles. The minimum atomic E-state index is 0.215. The van der Waals surface area contributed by atoms with Crippen molar-refractivity contribution in [3.63, 3.8) is 0 Å². The molecule has 0 rings (SSSR count). The van der Waals surface area contributed by atoms with Crippen molar-refractivity contribution in [1.82, 2.24) is 5.32 Å². The Balaban J connectivity index is 4.56. The largest absolute Gasteiger partial charge is 0.309 e. The SMILES string of the molecule is CC[C@@H](NC(C)(C)C)C(C)(C)C(C)C. The lowest BCUT2D eigenvalue weighted by Gasteiger charge is -2.42. The van der Waals surface area contributed by atoms with Gasteiger partial charge in [0.05, 0.1) is 0 Å². The van der Waals surface area contributed by atoms with E-state index in [-0.39, 0.29) is 5.54 Å². The molecule has 0 amide bonds. The zero-order valence-electron chi connectivity index (χ0n) is 11.4. The van der Waals surface area contributed by atoms with Crippen LogP contribution in [0.15, 0.2) is 0 Å². The van der Waals surface area contributed by atoms with Gasteiger partial charge in [-0.25, -0.2) is 0 Å². The molecule has 0 fully saturated rings. The monoisotopic (exact) mass is 199 g/mol. The summed E-state index contributed by atoms with van der Waals surface area (Å²) in [4.78, 5) is 0. The van der Waals surface area contributed by atoms with Gasteiger partial charge in [-0.15, -0.1) is 0 Å². The zero-order valence-corrected chi connectivity index (χ0v) is 11.4. The Morgan fingerprint density at radius 3 is 1.64 bits per heavy atom. The highest BCUT2D eigenvalue weighted by atomic mass is 15.0. The van der Waals surface area contributed by atoms with Crippen molar-refractivity contribution in [2.75, 3.05) is 0 Å². The summed E-state index contributed by atoms with van der Waals surface area (Å²) in [5.74, 6) is 0.710. The van der Waals surface area contributed by atoms with Crippen LogP contribution in [0.2, 0.25) is 0 Å². The van der Waals surface area contributed by atoms with E-state index in [1.165, 1.54) is 6.42 Å². The van der Waals surface area contributed by atoms with Crippen LogP contribution in [-0.2, 0) is 0 Å². The lowest BCUT2D eigenvalue weighted by Crippen LogP contribution is -2.52. The summed E-state index contributed by atoms with van der Waals surface area (Å²) in [6.45, 7) is 18.4. The van der Waals surface area contributed by atoms with E-state index in [2.05, 4.69) is 60.7 Å². The molecule has 0 unspecified atom stereocenters. The van der Waals surface area contributed by atoms with Gasteiger partial charge in [0.2, 0.25) is 0 Å². The standard InChI is InChI=1S/C13H29N/c1-9-11(14-12(4,5)6)13(7,8)10(2)3/h10-11,14H,9H2,1-8H3/t11-/m1/s1. The molecule has 0 spiro atoms. The van der Waals surface area contributed by atoms with Gasteiger partial charge < -0.3 is 5.32 Å². The van der Waals surface area contributed by atoms with Crippen molar-refractivity contribution in [1.29, 1.82) is 0 Å². The molecule has 1 nitrogen and oxygen atoms in total. The van der Waals surface area contributed by atoms with Gasteiger partial charge in [0.25, 0.3) is 0 Å². The molecule has 0 saturated carbocycles. The van der Waals surface area contributed by atoms with E-state index >= 15 is 0 Å². The Kier molecular flexibility index (Phi) is 4.64. The summed E-state index contributed by atoms with van der Waals surface area (Å²) in [6.07, 6.45) is 1.20. The summed E-state index contributed by atoms with van der Waals surface area (Å²) in [7, 11) is 0. The molecule has 14 heavy (non-hydrogen) atoms. The van der Waals surface area contributed by atoms with E-state index in [1.54, 1.807) is 0 Å². The smallest absolute Gasteiger partial charge is 0.0123 e. The van der Waals surface area contributed by atoms with Crippen molar-refractivity contribution in [2.24, 2.45) is 11.3 Å². The summed E-state index contributed by atoms with van der Waals surface area (Å²) in [5, 5.41) is 3.73. The van der Waals surface area contributed by atoms with Crippen molar-refractivity contribution in [3.05, 3.63) is 0 Å². The zero-order chi connectivity index (χ0) is 11.6. The first kappa shape index (κ1) is 14.0. The molecule has 0 aliphatic rings. The number of nitrogens with one attached hydrogen (secondary N) is 1. The maximum atomic E-state index is 3.73. The molecular formula is C13H29N. The van der Waals surface area contributed by atoms with Crippen LogP contribution in [0.4, 0.5) is 0 Å². The molecule has 0 aromatic carbocycles. The Labute approximate surface area is 90.7 Å². The van der Waals surface area contributed by atoms with E-state index in [0.29, 0.717) is 17.4 Å². The Bertz CT molecular complexity index is 163. The molecule has 0 bridgehead atoms. The van der Waals surface area contributed by atoms with Gasteiger partial charge in [0, 0.05) is 11.6 Å². The van der Waals surface area contributed by atoms with E-state index < -0.39 is 0 Å². The molecule has 1 atom stereocenters. The van der Waals surface area contributed by atoms with Crippen LogP contribution in [0.3, 0.4) is 0 Å². The first-order valence-corrected chi connectivity index (χ1v) is 5.89. The topological polar surface area (TPSA) is 12.0 Å². The van der Waals surface area contributed by atoms with Gasteiger partial charge in [-0.1, -0.05) is 34.6 Å². The maximum absolute atomic E-state index is 3.73. The van der Waals surface area contributed by atoms with Gasteiger partial charge >= 0.3 is 0 Å². The van der Waals surface area contributed by atoms with Gasteiger partial charge in [-0.05, 0) is 38.5 Å².